The molecule has 104 valence electrons. The molecule has 0 fully saturated rings. The van der Waals surface area contributed by atoms with Gasteiger partial charge < -0.3 is 0 Å². The van der Waals surface area contributed by atoms with Crippen LogP contribution >= 0.6 is 11.8 Å². The minimum Gasteiger partial charge on any atom is -0.287 e. The van der Waals surface area contributed by atoms with E-state index >= 15 is 0 Å². The summed E-state index contributed by atoms with van der Waals surface area (Å²) in [4.78, 5) is 5.86. The largest absolute Gasteiger partial charge is 0.287 e. The van der Waals surface area contributed by atoms with Gasteiger partial charge in [0.2, 0.25) is 0 Å². The number of thioether (sulfide) groups is 1. The summed E-state index contributed by atoms with van der Waals surface area (Å²) in [7, 11) is -1.33. The van der Waals surface area contributed by atoms with Gasteiger partial charge in [-0.05, 0) is 43.5 Å². The van der Waals surface area contributed by atoms with Gasteiger partial charge in [0.05, 0.1) is 13.6 Å². The van der Waals surface area contributed by atoms with Gasteiger partial charge in [0.25, 0.3) is 0 Å². The summed E-state index contributed by atoms with van der Waals surface area (Å²) in [6.07, 6.45) is 4.18. The molecule has 0 bridgehead atoms. The van der Waals surface area contributed by atoms with Crippen LogP contribution in [-0.4, -0.2) is 19.8 Å². The summed E-state index contributed by atoms with van der Waals surface area (Å²) in [6.45, 7) is 13.5. The van der Waals surface area contributed by atoms with E-state index in [1.165, 1.54) is 9.42 Å². The van der Waals surface area contributed by atoms with E-state index in [0.29, 0.717) is 0 Å². The normalized spacial score (nSPS) is 14.1. The van der Waals surface area contributed by atoms with Crippen molar-refractivity contribution < 1.29 is 0 Å². The van der Waals surface area contributed by atoms with Gasteiger partial charge in [0.1, 0.15) is 0 Å². The zero-order valence-electron chi connectivity index (χ0n) is 12.9. The van der Waals surface area contributed by atoms with Gasteiger partial charge in [-0.25, -0.2) is 0 Å². The van der Waals surface area contributed by atoms with Crippen LogP contribution in [0.2, 0.25) is 19.6 Å². The van der Waals surface area contributed by atoms with Crippen molar-refractivity contribution in [3.63, 3.8) is 0 Å². The lowest BCUT2D eigenvalue weighted by Crippen LogP contribution is -2.22. The van der Waals surface area contributed by atoms with E-state index in [4.69, 9.17) is 0 Å². The average molecular weight is 292 g/mol. The first-order valence-electron chi connectivity index (χ1n) is 6.67. The molecule has 1 rings (SSSR count). The number of allylic oxidation sites excluding steroid dienone is 1. The number of hydrogen-bond donors (Lipinski definition) is 0. The van der Waals surface area contributed by atoms with Crippen molar-refractivity contribution in [3.8, 4) is 0 Å². The molecule has 0 aliphatic rings. The van der Waals surface area contributed by atoms with Gasteiger partial charge in [-0.3, -0.25) is 4.99 Å². The van der Waals surface area contributed by atoms with Gasteiger partial charge >= 0.3 is 0 Å². The monoisotopic (exact) mass is 291 g/mol. The van der Waals surface area contributed by atoms with Crippen molar-refractivity contribution in [2.75, 3.05) is 0 Å². The third kappa shape index (κ3) is 6.78. The zero-order valence-corrected chi connectivity index (χ0v) is 14.7. The molecule has 1 aromatic rings. The van der Waals surface area contributed by atoms with Crippen LogP contribution in [0.15, 0.2) is 50.8 Å². The maximum absolute atomic E-state index is 4.56. The van der Waals surface area contributed by atoms with Gasteiger partial charge in [0, 0.05) is 11.1 Å². The second-order valence-corrected chi connectivity index (χ2v) is 13.2. The summed E-state index contributed by atoms with van der Waals surface area (Å²) < 4.78 is 1.46. The van der Waals surface area contributed by atoms with Crippen LogP contribution in [-0.2, 0) is 0 Å². The number of hydrogen-bond acceptors (Lipinski definition) is 2. The lowest BCUT2D eigenvalue weighted by Gasteiger charge is -2.20. The molecule has 0 aliphatic carbocycles. The first-order chi connectivity index (χ1) is 8.68. The number of nitrogens with zero attached hydrogens (tertiary/aromatic N) is 1. The molecule has 19 heavy (non-hydrogen) atoms. The molecule has 0 spiro atoms. The molecule has 0 saturated carbocycles. The molecular weight excluding hydrogens is 266 g/mol. The fourth-order valence-electron chi connectivity index (χ4n) is 1.38. The lowest BCUT2D eigenvalue weighted by atomic mass is 10.1. The van der Waals surface area contributed by atoms with Gasteiger partial charge in [-0.1, -0.05) is 49.6 Å². The van der Waals surface area contributed by atoms with E-state index in [-0.39, 0.29) is 5.54 Å². The molecule has 3 heteroatoms. The topological polar surface area (TPSA) is 12.4 Å². The Kier molecular flexibility index (Phi) is 5.62. The third-order valence-corrected chi connectivity index (χ3v) is 7.05. The SMILES string of the molecule is CC(C)(C)N=C/C=C(/Sc1ccccc1)[Si](C)(C)C. The second kappa shape index (κ2) is 6.57. The van der Waals surface area contributed by atoms with E-state index in [1.54, 1.807) is 0 Å². The van der Waals surface area contributed by atoms with Gasteiger partial charge in [0.15, 0.2) is 0 Å². The quantitative estimate of drug-likeness (QED) is 0.410. The molecule has 1 nitrogen and oxygen atoms in total. The van der Waals surface area contributed by atoms with Crippen molar-refractivity contribution in [3.05, 3.63) is 40.9 Å². The molecule has 0 N–H and O–H groups in total. The summed E-state index contributed by atoms with van der Waals surface area (Å²) >= 11 is 1.88. The minimum atomic E-state index is -1.33. The van der Waals surface area contributed by atoms with Crippen molar-refractivity contribution in [2.24, 2.45) is 4.99 Å². The van der Waals surface area contributed by atoms with Crippen LogP contribution in [0.1, 0.15) is 20.8 Å². The van der Waals surface area contributed by atoms with Crippen LogP contribution in [0.5, 0.6) is 0 Å². The van der Waals surface area contributed by atoms with Crippen molar-refractivity contribution >= 4 is 26.1 Å². The molecular formula is C16H25NSSi. The lowest BCUT2D eigenvalue weighted by molar-refractivity contribution is 0.587. The molecule has 0 saturated heterocycles. The smallest absolute Gasteiger partial charge is 0.0862 e. The summed E-state index contributed by atoms with van der Waals surface area (Å²) in [5.41, 5.74) is -0.00152. The highest BCUT2D eigenvalue weighted by atomic mass is 32.2. The number of rotatable bonds is 4. The van der Waals surface area contributed by atoms with E-state index < -0.39 is 8.07 Å². The Morgan fingerprint density at radius 1 is 1.11 bits per heavy atom. The van der Waals surface area contributed by atoms with Crippen LogP contribution < -0.4 is 0 Å². The summed E-state index contributed by atoms with van der Waals surface area (Å²) in [6, 6.07) is 10.6. The first kappa shape index (κ1) is 16.3. The molecule has 0 radical (unpaired) electrons. The maximum Gasteiger partial charge on any atom is 0.0862 e. The average Bonchev–Trinajstić information content (AvgIpc) is 2.26. The van der Waals surface area contributed by atoms with Crippen molar-refractivity contribution in [2.45, 2.75) is 50.8 Å². The maximum atomic E-state index is 4.56. The Morgan fingerprint density at radius 2 is 1.68 bits per heavy atom. The number of benzene rings is 1. The molecule has 0 heterocycles. The highest BCUT2D eigenvalue weighted by Crippen LogP contribution is 2.32. The third-order valence-electron chi connectivity index (χ3n) is 2.40. The van der Waals surface area contributed by atoms with Crippen molar-refractivity contribution in [1.82, 2.24) is 0 Å². The molecule has 0 aromatic heterocycles. The van der Waals surface area contributed by atoms with Crippen LogP contribution in [0.4, 0.5) is 0 Å². The van der Waals surface area contributed by atoms with E-state index in [1.807, 2.05) is 18.0 Å². The molecule has 1 aromatic carbocycles. The Morgan fingerprint density at radius 3 is 2.16 bits per heavy atom. The first-order valence-corrected chi connectivity index (χ1v) is 11.0. The van der Waals surface area contributed by atoms with Crippen molar-refractivity contribution in [1.29, 1.82) is 0 Å². The molecule has 0 amide bonds. The van der Waals surface area contributed by atoms with Gasteiger partial charge in [-0.2, -0.15) is 0 Å². The van der Waals surface area contributed by atoms with Crippen LogP contribution in [0.25, 0.3) is 0 Å². The second-order valence-electron chi connectivity index (χ2n) is 6.65. The zero-order chi connectivity index (χ0) is 14.5. The van der Waals surface area contributed by atoms with E-state index in [0.717, 1.165) is 0 Å². The fraction of sp³-hybridized carbons (Fsp3) is 0.438. The molecule has 0 aliphatic heterocycles. The minimum absolute atomic E-state index is 0.00152. The Bertz CT molecular complexity index is 450. The summed E-state index contributed by atoms with van der Waals surface area (Å²) in [5, 5.41) is 0. The Hall–Kier alpha value is -0.803. The predicted octanol–water partition coefficient (Wildman–Crippen LogP) is 5.41. The standard InChI is InChI=1S/C16H25NSSi/c1-16(2,3)17-13-12-15(19(4,5)6)18-14-10-8-7-9-11-14/h7-13H,1-6H3/b15-12-,17-13?. The summed E-state index contributed by atoms with van der Waals surface area (Å²) in [5.74, 6) is 0. The van der Waals surface area contributed by atoms with Crippen LogP contribution in [0, 0.1) is 0 Å². The van der Waals surface area contributed by atoms with E-state index in [2.05, 4.69) is 81.8 Å². The van der Waals surface area contributed by atoms with Gasteiger partial charge in [-0.15, -0.1) is 0 Å². The highest BCUT2D eigenvalue weighted by Gasteiger charge is 2.20. The number of aliphatic imine (C=N–C) groups is 1. The molecule has 0 unspecified atom stereocenters. The molecule has 0 atom stereocenters. The fourth-order valence-corrected chi connectivity index (χ4v) is 4.21. The van der Waals surface area contributed by atoms with Crippen LogP contribution in [0.3, 0.4) is 0 Å². The Labute approximate surface area is 123 Å². The highest BCUT2D eigenvalue weighted by molar-refractivity contribution is 8.05. The predicted molar refractivity (Wildman–Crippen MR) is 92.0 cm³/mol. The van der Waals surface area contributed by atoms with E-state index in [9.17, 15) is 0 Å². The Balaban J connectivity index is 2.91.